The van der Waals surface area contributed by atoms with Crippen LogP contribution in [0.25, 0.3) is 0 Å². The summed E-state index contributed by atoms with van der Waals surface area (Å²) in [5.41, 5.74) is 1.17. The standard InChI is InChI=1S/C27H38N2O3S2/c1-6-17-29(34(30,31)26-15-12-21-33-26)19-20-32-25-14-11-13-24(22-25)23-28(7-2)18-10-8-9-16-27(3,4)5/h8,10-15,21-22H,6-7,17-20,23H2,1-5H3/b10-8+. The van der Waals surface area contributed by atoms with Crippen LogP contribution in [0.15, 0.2) is 58.1 Å². The van der Waals surface area contributed by atoms with Gasteiger partial charge in [0.05, 0.1) is 0 Å². The Morgan fingerprint density at radius 2 is 1.91 bits per heavy atom. The normalized spacial score (nSPS) is 12.3. The van der Waals surface area contributed by atoms with Gasteiger partial charge < -0.3 is 4.74 Å². The summed E-state index contributed by atoms with van der Waals surface area (Å²) in [5, 5.41) is 1.79. The zero-order valence-electron chi connectivity index (χ0n) is 21.1. The molecule has 0 aliphatic heterocycles. The third-order valence-corrected chi connectivity index (χ3v) is 8.21. The first-order valence-corrected chi connectivity index (χ1v) is 14.1. The molecule has 0 atom stereocenters. The first-order valence-electron chi connectivity index (χ1n) is 11.8. The van der Waals surface area contributed by atoms with Crippen molar-refractivity contribution in [2.75, 3.05) is 32.8 Å². The second-order valence-corrected chi connectivity index (χ2v) is 12.2. The van der Waals surface area contributed by atoms with Gasteiger partial charge in [0.25, 0.3) is 10.0 Å². The Morgan fingerprint density at radius 1 is 1.12 bits per heavy atom. The highest BCUT2D eigenvalue weighted by atomic mass is 32.2. The van der Waals surface area contributed by atoms with E-state index < -0.39 is 10.0 Å². The van der Waals surface area contributed by atoms with Crippen LogP contribution in [0, 0.1) is 17.3 Å². The third-order valence-electron chi connectivity index (χ3n) is 4.94. The van der Waals surface area contributed by atoms with E-state index in [2.05, 4.69) is 56.6 Å². The predicted molar refractivity (Wildman–Crippen MR) is 143 cm³/mol. The zero-order chi connectivity index (χ0) is 25.0. The molecular formula is C27H38N2O3S2. The summed E-state index contributed by atoms with van der Waals surface area (Å²) < 4.78 is 33.6. The minimum atomic E-state index is -3.47. The number of nitrogens with zero attached hydrogens (tertiary/aromatic N) is 2. The van der Waals surface area contributed by atoms with Crippen molar-refractivity contribution in [3.05, 3.63) is 59.5 Å². The highest BCUT2D eigenvalue weighted by molar-refractivity contribution is 7.91. The molecule has 0 bridgehead atoms. The van der Waals surface area contributed by atoms with Crippen LogP contribution < -0.4 is 4.74 Å². The fraction of sp³-hybridized carbons (Fsp3) is 0.481. The number of rotatable bonds is 13. The van der Waals surface area contributed by atoms with E-state index in [9.17, 15) is 8.42 Å². The van der Waals surface area contributed by atoms with E-state index in [1.807, 2.05) is 31.2 Å². The highest BCUT2D eigenvalue weighted by Crippen LogP contribution is 2.21. The highest BCUT2D eigenvalue weighted by Gasteiger charge is 2.24. The Balaban J connectivity index is 1.92. The van der Waals surface area contributed by atoms with Crippen molar-refractivity contribution >= 4 is 21.4 Å². The number of sulfonamides is 1. The van der Waals surface area contributed by atoms with Gasteiger partial charge in [-0.15, -0.1) is 11.3 Å². The molecule has 0 aliphatic rings. The van der Waals surface area contributed by atoms with Crippen molar-refractivity contribution in [1.82, 2.24) is 9.21 Å². The molecule has 0 amide bonds. The van der Waals surface area contributed by atoms with Gasteiger partial charge in [-0.3, -0.25) is 4.90 Å². The van der Waals surface area contributed by atoms with Crippen molar-refractivity contribution in [1.29, 1.82) is 0 Å². The van der Waals surface area contributed by atoms with Crippen LogP contribution in [-0.2, 0) is 16.6 Å². The number of ether oxygens (including phenoxy) is 1. The van der Waals surface area contributed by atoms with Crippen LogP contribution in [0.5, 0.6) is 5.75 Å². The SMILES string of the molecule is CCCN(CCOc1cccc(CN(CC)C/C=C/C#CC(C)(C)C)c1)S(=O)(=O)c1cccs1. The quantitative estimate of drug-likeness (QED) is 0.332. The summed E-state index contributed by atoms with van der Waals surface area (Å²) in [5.74, 6) is 7.08. The average Bonchev–Trinajstić information content (AvgIpc) is 3.33. The van der Waals surface area contributed by atoms with Crippen molar-refractivity contribution < 1.29 is 13.2 Å². The zero-order valence-corrected chi connectivity index (χ0v) is 22.7. The lowest BCUT2D eigenvalue weighted by Gasteiger charge is -2.21. The van der Waals surface area contributed by atoms with Gasteiger partial charge in [0.2, 0.25) is 0 Å². The Kier molecular flexibility index (Phi) is 11.3. The van der Waals surface area contributed by atoms with E-state index in [4.69, 9.17) is 4.74 Å². The van der Waals surface area contributed by atoms with E-state index in [1.165, 1.54) is 15.6 Å². The molecule has 34 heavy (non-hydrogen) atoms. The number of likely N-dealkylation sites (N-methyl/N-ethyl adjacent to an activating group) is 1. The van der Waals surface area contributed by atoms with Crippen molar-refractivity contribution in [3.8, 4) is 17.6 Å². The van der Waals surface area contributed by atoms with Gasteiger partial charge in [0.1, 0.15) is 16.6 Å². The van der Waals surface area contributed by atoms with Gasteiger partial charge in [0, 0.05) is 31.6 Å². The lowest BCUT2D eigenvalue weighted by Crippen LogP contribution is -2.34. The molecule has 0 fully saturated rings. The Morgan fingerprint density at radius 3 is 2.56 bits per heavy atom. The smallest absolute Gasteiger partial charge is 0.252 e. The van der Waals surface area contributed by atoms with Gasteiger partial charge in [-0.05, 0) is 69.0 Å². The second-order valence-electron chi connectivity index (χ2n) is 9.08. The maximum Gasteiger partial charge on any atom is 0.252 e. The molecule has 1 aromatic heterocycles. The summed E-state index contributed by atoms with van der Waals surface area (Å²) in [6.07, 6.45) is 4.78. The predicted octanol–water partition coefficient (Wildman–Crippen LogP) is 5.66. The molecule has 0 radical (unpaired) electrons. The van der Waals surface area contributed by atoms with E-state index in [0.717, 1.165) is 37.4 Å². The molecule has 0 unspecified atom stereocenters. The third kappa shape index (κ3) is 9.63. The summed E-state index contributed by atoms with van der Waals surface area (Å²) in [6, 6.07) is 11.4. The van der Waals surface area contributed by atoms with E-state index in [-0.39, 0.29) is 5.41 Å². The van der Waals surface area contributed by atoms with E-state index in [1.54, 1.807) is 17.5 Å². The Hall–Kier alpha value is -2.11. The summed E-state index contributed by atoms with van der Waals surface area (Å²) >= 11 is 1.25. The van der Waals surface area contributed by atoms with Crippen LogP contribution >= 0.6 is 11.3 Å². The van der Waals surface area contributed by atoms with Crippen LogP contribution in [-0.4, -0.2) is 50.4 Å². The monoisotopic (exact) mass is 502 g/mol. The van der Waals surface area contributed by atoms with Gasteiger partial charge in [-0.2, -0.15) is 4.31 Å². The molecule has 1 aromatic carbocycles. The lowest BCUT2D eigenvalue weighted by atomic mass is 9.98. The van der Waals surface area contributed by atoms with Gasteiger partial charge in [-0.1, -0.05) is 50.0 Å². The lowest BCUT2D eigenvalue weighted by molar-refractivity contribution is 0.271. The molecule has 186 valence electrons. The minimum Gasteiger partial charge on any atom is -0.492 e. The van der Waals surface area contributed by atoms with Crippen molar-refractivity contribution in [2.24, 2.45) is 5.41 Å². The van der Waals surface area contributed by atoms with E-state index in [0.29, 0.717) is 23.9 Å². The van der Waals surface area contributed by atoms with E-state index >= 15 is 0 Å². The molecule has 0 saturated heterocycles. The molecule has 1 heterocycles. The first-order chi connectivity index (χ1) is 16.2. The molecule has 2 rings (SSSR count). The molecule has 0 N–H and O–H groups in total. The number of hydrogen-bond donors (Lipinski definition) is 0. The molecule has 0 saturated carbocycles. The molecular weight excluding hydrogens is 464 g/mol. The summed E-state index contributed by atoms with van der Waals surface area (Å²) in [6.45, 7) is 14.1. The number of allylic oxidation sites excluding steroid dienone is 1. The molecule has 2 aromatic rings. The topological polar surface area (TPSA) is 49.9 Å². The molecule has 0 aliphatic carbocycles. The molecule has 7 heteroatoms. The maximum atomic E-state index is 12.9. The second kappa shape index (κ2) is 13.7. The Labute approximate surface area is 210 Å². The number of benzene rings is 1. The van der Waals surface area contributed by atoms with Crippen LogP contribution in [0.3, 0.4) is 0 Å². The fourth-order valence-corrected chi connectivity index (χ4v) is 5.88. The average molecular weight is 503 g/mol. The minimum absolute atomic E-state index is 0.0108. The van der Waals surface area contributed by atoms with Crippen LogP contribution in [0.1, 0.15) is 46.6 Å². The number of hydrogen-bond acceptors (Lipinski definition) is 5. The van der Waals surface area contributed by atoms with Gasteiger partial charge in [-0.25, -0.2) is 8.42 Å². The largest absolute Gasteiger partial charge is 0.492 e. The molecule has 0 spiro atoms. The fourth-order valence-electron chi connectivity index (χ4n) is 3.22. The summed E-state index contributed by atoms with van der Waals surface area (Å²) in [7, 11) is -3.47. The summed E-state index contributed by atoms with van der Waals surface area (Å²) in [4.78, 5) is 2.32. The van der Waals surface area contributed by atoms with Crippen LogP contribution in [0.4, 0.5) is 0 Å². The van der Waals surface area contributed by atoms with Crippen molar-refractivity contribution in [3.63, 3.8) is 0 Å². The number of thiophene rings is 1. The first kappa shape index (κ1) is 28.1. The van der Waals surface area contributed by atoms with Gasteiger partial charge in [0.15, 0.2) is 0 Å². The van der Waals surface area contributed by atoms with Crippen LogP contribution in [0.2, 0.25) is 0 Å². The maximum absolute atomic E-state index is 12.9. The molecule has 5 nitrogen and oxygen atoms in total. The Bertz CT molecular complexity index is 1060. The van der Waals surface area contributed by atoms with Crippen molar-refractivity contribution in [2.45, 2.75) is 51.8 Å². The van der Waals surface area contributed by atoms with Gasteiger partial charge >= 0.3 is 0 Å².